The van der Waals surface area contributed by atoms with Crippen LogP contribution in [0.25, 0.3) is 0 Å². The lowest BCUT2D eigenvalue weighted by Gasteiger charge is -2.16. The average molecular weight is 279 g/mol. The van der Waals surface area contributed by atoms with Crippen LogP contribution < -0.4 is 14.8 Å². The molecule has 20 heavy (non-hydrogen) atoms. The molecule has 0 aromatic heterocycles. The summed E-state index contributed by atoms with van der Waals surface area (Å²) in [6, 6.07) is 7.86. The van der Waals surface area contributed by atoms with Gasteiger partial charge in [0, 0.05) is 6.54 Å². The van der Waals surface area contributed by atoms with E-state index in [1.807, 2.05) is 24.3 Å². The Bertz CT molecular complexity index is 349. The summed E-state index contributed by atoms with van der Waals surface area (Å²) in [5.74, 6) is 2.54. The summed E-state index contributed by atoms with van der Waals surface area (Å²) in [6.45, 7) is 11.4. The minimum Gasteiger partial charge on any atom is -0.494 e. The van der Waals surface area contributed by atoms with E-state index in [1.54, 1.807) is 0 Å². The summed E-state index contributed by atoms with van der Waals surface area (Å²) in [6.07, 6.45) is 2.40. The van der Waals surface area contributed by atoms with Crippen molar-refractivity contribution in [2.75, 3.05) is 19.7 Å². The molecule has 0 aliphatic heterocycles. The SMILES string of the molecule is CCCOc1ccc(OC(C)CNCCC(C)C)cc1. The van der Waals surface area contributed by atoms with Crippen molar-refractivity contribution in [1.82, 2.24) is 5.32 Å². The Morgan fingerprint density at radius 2 is 1.70 bits per heavy atom. The van der Waals surface area contributed by atoms with Crippen molar-refractivity contribution in [1.29, 1.82) is 0 Å². The molecular formula is C17H29NO2. The smallest absolute Gasteiger partial charge is 0.120 e. The third kappa shape index (κ3) is 7.39. The number of hydrogen-bond acceptors (Lipinski definition) is 3. The first-order valence-corrected chi connectivity index (χ1v) is 7.72. The van der Waals surface area contributed by atoms with E-state index in [0.717, 1.165) is 43.5 Å². The molecule has 0 amide bonds. The molecule has 0 spiro atoms. The van der Waals surface area contributed by atoms with Crippen molar-refractivity contribution in [3.63, 3.8) is 0 Å². The maximum absolute atomic E-state index is 5.86. The van der Waals surface area contributed by atoms with Crippen molar-refractivity contribution in [2.24, 2.45) is 5.92 Å². The fourth-order valence-corrected chi connectivity index (χ4v) is 1.80. The van der Waals surface area contributed by atoms with Crippen LogP contribution in [-0.2, 0) is 0 Å². The molecule has 1 unspecified atom stereocenters. The highest BCUT2D eigenvalue weighted by molar-refractivity contribution is 5.31. The number of benzene rings is 1. The standard InChI is InChI=1S/C17H29NO2/c1-5-12-19-16-6-8-17(9-7-16)20-15(4)13-18-11-10-14(2)3/h6-9,14-15,18H,5,10-13H2,1-4H3. The lowest BCUT2D eigenvalue weighted by molar-refractivity contribution is 0.216. The van der Waals surface area contributed by atoms with Gasteiger partial charge in [0.1, 0.15) is 17.6 Å². The molecule has 1 N–H and O–H groups in total. The Balaban J connectivity index is 2.25. The molecule has 0 bridgehead atoms. The highest BCUT2D eigenvalue weighted by Crippen LogP contribution is 2.18. The van der Waals surface area contributed by atoms with Crippen molar-refractivity contribution >= 4 is 0 Å². The topological polar surface area (TPSA) is 30.5 Å². The van der Waals surface area contributed by atoms with Gasteiger partial charge in [-0.1, -0.05) is 20.8 Å². The van der Waals surface area contributed by atoms with E-state index in [2.05, 4.69) is 33.0 Å². The van der Waals surface area contributed by atoms with E-state index in [0.29, 0.717) is 0 Å². The second-order valence-corrected chi connectivity index (χ2v) is 5.63. The van der Waals surface area contributed by atoms with Gasteiger partial charge in [-0.05, 0) is 56.5 Å². The third-order valence-corrected chi connectivity index (χ3v) is 2.96. The largest absolute Gasteiger partial charge is 0.494 e. The van der Waals surface area contributed by atoms with Crippen LogP contribution in [0.2, 0.25) is 0 Å². The van der Waals surface area contributed by atoms with Crippen LogP contribution in [-0.4, -0.2) is 25.8 Å². The molecule has 0 radical (unpaired) electrons. The second kappa shape index (κ2) is 9.65. The quantitative estimate of drug-likeness (QED) is 0.659. The fourth-order valence-electron chi connectivity index (χ4n) is 1.80. The molecule has 3 nitrogen and oxygen atoms in total. The van der Waals surface area contributed by atoms with Crippen LogP contribution in [0.1, 0.15) is 40.5 Å². The number of rotatable bonds is 10. The van der Waals surface area contributed by atoms with Gasteiger partial charge in [0.15, 0.2) is 0 Å². The molecule has 0 aliphatic carbocycles. The zero-order valence-corrected chi connectivity index (χ0v) is 13.3. The molecule has 114 valence electrons. The minimum atomic E-state index is 0.171. The van der Waals surface area contributed by atoms with Crippen LogP contribution in [0.3, 0.4) is 0 Å². The van der Waals surface area contributed by atoms with E-state index in [9.17, 15) is 0 Å². The lowest BCUT2D eigenvalue weighted by atomic mass is 10.1. The van der Waals surface area contributed by atoms with Crippen molar-refractivity contribution in [3.8, 4) is 11.5 Å². The maximum atomic E-state index is 5.86. The van der Waals surface area contributed by atoms with Crippen LogP contribution in [0.15, 0.2) is 24.3 Å². The Labute approximate surface area is 123 Å². The molecule has 1 atom stereocenters. The zero-order chi connectivity index (χ0) is 14.8. The van der Waals surface area contributed by atoms with Crippen LogP contribution in [0.4, 0.5) is 0 Å². The second-order valence-electron chi connectivity index (χ2n) is 5.63. The first kappa shape index (κ1) is 16.8. The fraction of sp³-hybridized carbons (Fsp3) is 0.647. The summed E-state index contributed by atoms with van der Waals surface area (Å²) >= 11 is 0. The third-order valence-electron chi connectivity index (χ3n) is 2.96. The molecule has 1 aromatic rings. The van der Waals surface area contributed by atoms with E-state index < -0.39 is 0 Å². The molecule has 3 heteroatoms. The van der Waals surface area contributed by atoms with Gasteiger partial charge in [0.2, 0.25) is 0 Å². The lowest BCUT2D eigenvalue weighted by Crippen LogP contribution is -2.30. The number of nitrogens with one attached hydrogen (secondary N) is 1. The summed E-state index contributed by atoms with van der Waals surface area (Å²) in [5.41, 5.74) is 0. The summed E-state index contributed by atoms with van der Waals surface area (Å²) in [4.78, 5) is 0. The molecule has 1 aromatic carbocycles. The highest BCUT2D eigenvalue weighted by atomic mass is 16.5. The molecule has 1 rings (SSSR count). The predicted octanol–water partition coefficient (Wildman–Crippen LogP) is 3.88. The van der Waals surface area contributed by atoms with E-state index in [1.165, 1.54) is 6.42 Å². The highest BCUT2D eigenvalue weighted by Gasteiger charge is 2.04. The average Bonchev–Trinajstić information content (AvgIpc) is 2.43. The van der Waals surface area contributed by atoms with Gasteiger partial charge in [0.05, 0.1) is 6.61 Å². The molecular weight excluding hydrogens is 250 g/mol. The van der Waals surface area contributed by atoms with Gasteiger partial charge < -0.3 is 14.8 Å². The minimum absolute atomic E-state index is 0.171. The molecule has 0 aliphatic rings. The van der Waals surface area contributed by atoms with Gasteiger partial charge >= 0.3 is 0 Å². The Kier molecular flexibility index (Phi) is 8.12. The first-order valence-electron chi connectivity index (χ1n) is 7.72. The summed E-state index contributed by atoms with van der Waals surface area (Å²) in [5, 5.41) is 3.43. The van der Waals surface area contributed by atoms with Gasteiger partial charge in [-0.2, -0.15) is 0 Å². The number of hydrogen-bond donors (Lipinski definition) is 1. The maximum Gasteiger partial charge on any atom is 0.120 e. The van der Waals surface area contributed by atoms with E-state index in [-0.39, 0.29) is 6.10 Å². The Morgan fingerprint density at radius 1 is 1.05 bits per heavy atom. The Morgan fingerprint density at radius 3 is 2.30 bits per heavy atom. The van der Waals surface area contributed by atoms with Gasteiger partial charge in [-0.25, -0.2) is 0 Å². The van der Waals surface area contributed by atoms with Crippen molar-refractivity contribution in [2.45, 2.75) is 46.6 Å². The Hall–Kier alpha value is -1.22. The zero-order valence-electron chi connectivity index (χ0n) is 13.3. The molecule has 0 heterocycles. The van der Waals surface area contributed by atoms with E-state index in [4.69, 9.17) is 9.47 Å². The first-order chi connectivity index (χ1) is 9.61. The molecule has 0 saturated heterocycles. The van der Waals surface area contributed by atoms with Gasteiger partial charge in [-0.15, -0.1) is 0 Å². The monoisotopic (exact) mass is 279 g/mol. The van der Waals surface area contributed by atoms with E-state index >= 15 is 0 Å². The summed E-state index contributed by atoms with van der Waals surface area (Å²) in [7, 11) is 0. The normalized spacial score (nSPS) is 12.4. The van der Waals surface area contributed by atoms with Crippen LogP contribution in [0.5, 0.6) is 11.5 Å². The van der Waals surface area contributed by atoms with Crippen molar-refractivity contribution < 1.29 is 9.47 Å². The van der Waals surface area contributed by atoms with Crippen LogP contribution in [0, 0.1) is 5.92 Å². The van der Waals surface area contributed by atoms with Gasteiger partial charge in [-0.3, -0.25) is 0 Å². The number of ether oxygens (including phenoxy) is 2. The van der Waals surface area contributed by atoms with Crippen molar-refractivity contribution in [3.05, 3.63) is 24.3 Å². The predicted molar refractivity (Wildman–Crippen MR) is 84.6 cm³/mol. The summed E-state index contributed by atoms with van der Waals surface area (Å²) < 4.78 is 11.4. The van der Waals surface area contributed by atoms with Gasteiger partial charge in [0.25, 0.3) is 0 Å². The van der Waals surface area contributed by atoms with Crippen LogP contribution >= 0.6 is 0 Å². The molecule has 0 fully saturated rings. The molecule has 0 saturated carbocycles.